The molecule has 0 amide bonds. The van der Waals surface area contributed by atoms with Crippen LogP contribution in [-0.4, -0.2) is 67.1 Å². The van der Waals surface area contributed by atoms with Crippen LogP contribution in [0.3, 0.4) is 0 Å². The number of aliphatic hydroxyl groups excluding tert-OH is 1. The van der Waals surface area contributed by atoms with E-state index >= 15 is 0 Å². The minimum Gasteiger partial charge on any atom is -0.491 e. The van der Waals surface area contributed by atoms with E-state index in [1.54, 1.807) is 6.20 Å². The highest BCUT2D eigenvalue weighted by atomic mass is 16.5. The zero-order valence-electron chi connectivity index (χ0n) is 15.7. The molecular formula is C21H29N3O3. The normalized spacial score (nSPS) is 16.2. The topological polar surface area (TPSA) is 66.9 Å². The molecule has 6 heteroatoms. The average molecular weight is 371 g/mol. The number of hydrogen-bond acceptors (Lipinski definition) is 6. The number of nitrogens with one attached hydrogen (secondary N) is 1. The number of aromatic nitrogens is 1. The van der Waals surface area contributed by atoms with Gasteiger partial charge in [-0.3, -0.25) is 9.88 Å². The standard InChI is InChI=1S/C21H29N3O3/c25-20(16-24-9-11-26-12-10-24)17-27-21-5-1-3-19(13-21)15-23-8-6-18-4-2-7-22-14-18/h1-5,7,13-14,20,23,25H,6,8-12,15-17H2/t20-/m1/s1. The maximum atomic E-state index is 10.2. The molecule has 0 spiro atoms. The zero-order chi connectivity index (χ0) is 18.7. The molecule has 0 saturated carbocycles. The van der Waals surface area contributed by atoms with E-state index < -0.39 is 6.10 Å². The Hall–Kier alpha value is -1.99. The van der Waals surface area contributed by atoms with Gasteiger partial charge in [0.25, 0.3) is 0 Å². The first-order valence-electron chi connectivity index (χ1n) is 9.59. The Morgan fingerprint density at radius 2 is 2.04 bits per heavy atom. The van der Waals surface area contributed by atoms with Gasteiger partial charge < -0.3 is 19.9 Å². The van der Waals surface area contributed by atoms with E-state index in [0.717, 1.165) is 51.6 Å². The number of β-amino-alcohol motifs (C(OH)–C–C–N with tert-alkyl or cyclic N) is 1. The molecule has 3 rings (SSSR count). The SMILES string of the molecule is O[C@@H](COc1cccc(CNCCc2cccnc2)c1)CN1CCOCC1. The number of pyridine rings is 1. The summed E-state index contributed by atoms with van der Waals surface area (Å²) in [7, 11) is 0. The summed E-state index contributed by atoms with van der Waals surface area (Å²) in [4.78, 5) is 6.34. The molecular weight excluding hydrogens is 342 g/mol. The van der Waals surface area contributed by atoms with Gasteiger partial charge in [0.2, 0.25) is 0 Å². The number of morpholine rings is 1. The van der Waals surface area contributed by atoms with Crippen LogP contribution < -0.4 is 10.1 Å². The van der Waals surface area contributed by atoms with Gasteiger partial charge in [-0.2, -0.15) is 0 Å². The Bertz CT molecular complexity index is 663. The Kier molecular flexibility index (Phi) is 8.04. The van der Waals surface area contributed by atoms with Gasteiger partial charge in [0.1, 0.15) is 18.5 Å². The summed E-state index contributed by atoms with van der Waals surface area (Å²) in [5, 5.41) is 13.6. The molecule has 0 aliphatic carbocycles. The summed E-state index contributed by atoms with van der Waals surface area (Å²) in [5.74, 6) is 0.794. The lowest BCUT2D eigenvalue weighted by Crippen LogP contribution is -2.42. The fourth-order valence-corrected chi connectivity index (χ4v) is 3.08. The number of rotatable bonds is 10. The number of benzene rings is 1. The van der Waals surface area contributed by atoms with E-state index in [2.05, 4.69) is 27.3 Å². The van der Waals surface area contributed by atoms with Crippen molar-refractivity contribution in [2.24, 2.45) is 0 Å². The van der Waals surface area contributed by atoms with E-state index in [1.165, 1.54) is 11.1 Å². The molecule has 1 aromatic carbocycles. The molecule has 1 fully saturated rings. The van der Waals surface area contributed by atoms with Gasteiger partial charge in [0.05, 0.1) is 13.2 Å². The van der Waals surface area contributed by atoms with Crippen molar-refractivity contribution in [3.8, 4) is 5.75 Å². The summed E-state index contributed by atoms with van der Waals surface area (Å²) in [6.07, 6.45) is 4.15. The Balaban J connectivity index is 1.36. The Morgan fingerprint density at radius 1 is 1.19 bits per heavy atom. The van der Waals surface area contributed by atoms with Crippen molar-refractivity contribution in [1.29, 1.82) is 0 Å². The molecule has 2 N–H and O–H groups in total. The van der Waals surface area contributed by atoms with Gasteiger partial charge in [0, 0.05) is 38.6 Å². The fourth-order valence-electron chi connectivity index (χ4n) is 3.08. The second-order valence-electron chi connectivity index (χ2n) is 6.81. The zero-order valence-corrected chi connectivity index (χ0v) is 15.7. The lowest BCUT2D eigenvalue weighted by molar-refractivity contribution is 0.00465. The highest BCUT2D eigenvalue weighted by Gasteiger charge is 2.15. The van der Waals surface area contributed by atoms with E-state index in [0.29, 0.717) is 13.2 Å². The molecule has 1 saturated heterocycles. The van der Waals surface area contributed by atoms with E-state index in [4.69, 9.17) is 9.47 Å². The molecule has 1 aromatic heterocycles. The van der Waals surface area contributed by atoms with Gasteiger partial charge in [0.15, 0.2) is 0 Å². The van der Waals surface area contributed by atoms with Crippen LogP contribution in [0.4, 0.5) is 0 Å². The van der Waals surface area contributed by atoms with Crippen LogP contribution in [0.5, 0.6) is 5.75 Å². The molecule has 1 aliphatic heterocycles. The minimum absolute atomic E-state index is 0.301. The number of hydrogen-bond donors (Lipinski definition) is 2. The maximum absolute atomic E-state index is 10.2. The molecule has 146 valence electrons. The highest BCUT2D eigenvalue weighted by Crippen LogP contribution is 2.14. The smallest absolute Gasteiger partial charge is 0.119 e. The van der Waals surface area contributed by atoms with E-state index in [-0.39, 0.29) is 0 Å². The molecule has 6 nitrogen and oxygen atoms in total. The first-order chi connectivity index (χ1) is 13.3. The van der Waals surface area contributed by atoms with Crippen LogP contribution in [0.25, 0.3) is 0 Å². The van der Waals surface area contributed by atoms with Crippen LogP contribution in [0.15, 0.2) is 48.8 Å². The largest absolute Gasteiger partial charge is 0.491 e. The third-order valence-electron chi connectivity index (χ3n) is 4.56. The molecule has 27 heavy (non-hydrogen) atoms. The van der Waals surface area contributed by atoms with Gasteiger partial charge in [-0.25, -0.2) is 0 Å². The van der Waals surface area contributed by atoms with Crippen molar-refractivity contribution in [1.82, 2.24) is 15.2 Å². The third-order valence-corrected chi connectivity index (χ3v) is 4.56. The Labute approximate surface area is 161 Å². The van der Waals surface area contributed by atoms with Crippen molar-refractivity contribution < 1.29 is 14.6 Å². The first-order valence-corrected chi connectivity index (χ1v) is 9.59. The van der Waals surface area contributed by atoms with Crippen LogP contribution in [0.2, 0.25) is 0 Å². The van der Waals surface area contributed by atoms with Crippen LogP contribution >= 0.6 is 0 Å². The van der Waals surface area contributed by atoms with Crippen LogP contribution in [0.1, 0.15) is 11.1 Å². The van der Waals surface area contributed by atoms with E-state index in [1.807, 2.05) is 30.5 Å². The summed E-state index contributed by atoms with van der Waals surface area (Å²) in [6, 6.07) is 12.1. The molecule has 2 heterocycles. The van der Waals surface area contributed by atoms with Crippen molar-refractivity contribution in [3.63, 3.8) is 0 Å². The number of nitrogens with zero attached hydrogens (tertiary/aromatic N) is 2. The summed E-state index contributed by atoms with van der Waals surface area (Å²) in [6.45, 7) is 5.83. The van der Waals surface area contributed by atoms with Crippen molar-refractivity contribution >= 4 is 0 Å². The highest BCUT2D eigenvalue weighted by molar-refractivity contribution is 5.28. The minimum atomic E-state index is -0.496. The van der Waals surface area contributed by atoms with Gasteiger partial charge in [-0.15, -0.1) is 0 Å². The van der Waals surface area contributed by atoms with Gasteiger partial charge in [-0.1, -0.05) is 18.2 Å². The fraction of sp³-hybridized carbons (Fsp3) is 0.476. The van der Waals surface area contributed by atoms with Crippen LogP contribution in [0, 0.1) is 0 Å². The number of aliphatic hydroxyl groups is 1. The predicted octanol–water partition coefficient (Wildman–Crippen LogP) is 1.49. The van der Waals surface area contributed by atoms with Crippen molar-refractivity contribution in [3.05, 3.63) is 59.9 Å². The molecule has 0 bridgehead atoms. The maximum Gasteiger partial charge on any atom is 0.119 e. The lowest BCUT2D eigenvalue weighted by Gasteiger charge is -2.28. The van der Waals surface area contributed by atoms with Crippen LogP contribution in [-0.2, 0) is 17.7 Å². The number of ether oxygens (including phenoxy) is 2. The summed E-state index contributed by atoms with van der Waals surface area (Å²) >= 11 is 0. The van der Waals surface area contributed by atoms with Crippen molar-refractivity contribution in [2.75, 3.05) is 46.0 Å². The monoisotopic (exact) mass is 371 g/mol. The second kappa shape index (κ2) is 11.0. The molecule has 1 aliphatic rings. The average Bonchev–Trinajstić information content (AvgIpc) is 2.72. The summed E-state index contributed by atoms with van der Waals surface area (Å²) < 4.78 is 11.1. The van der Waals surface area contributed by atoms with Crippen molar-refractivity contribution in [2.45, 2.75) is 19.1 Å². The lowest BCUT2D eigenvalue weighted by atomic mass is 10.2. The Morgan fingerprint density at radius 3 is 2.85 bits per heavy atom. The molecule has 0 radical (unpaired) electrons. The van der Waals surface area contributed by atoms with Gasteiger partial charge in [-0.05, 0) is 42.3 Å². The van der Waals surface area contributed by atoms with Gasteiger partial charge >= 0.3 is 0 Å². The molecule has 2 aromatic rings. The molecule has 0 unspecified atom stereocenters. The third kappa shape index (κ3) is 7.27. The second-order valence-corrected chi connectivity index (χ2v) is 6.81. The quantitative estimate of drug-likeness (QED) is 0.617. The van der Waals surface area contributed by atoms with E-state index in [9.17, 15) is 5.11 Å². The predicted molar refractivity (Wildman–Crippen MR) is 105 cm³/mol. The molecule has 1 atom stereocenters. The first kappa shape index (κ1) is 19.8. The summed E-state index contributed by atoms with van der Waals surface area (Å²) in [5.41, 5.74) is 2.40.